The van der Waals surface area contributed by atoms with Crippen molar-refractivity contribution < 1.29 is 18.4 Å². The lowest BCUT2D eigenvalue weighted by atomic mass is 10.2. The third-order valence-electron chi connectivity index (χ3n) is 3.52. The molecule has 9 heteroatoms. The predicted octanol–water partition coefficient (Wildman–Crippen LogP) is 2.30. The fourth-order valence-electron chi connectivity index (χ4n) is 2.22. The first kappa shape index (κ1) is 19.4. The van der Waals surface area contributed by atoms with Crippen molar-refractivity contribution in [3.63, 3.8) is 0 Å². The Morgan fingerprint density at radius 2 is 1.81 bits per heavy atom. The van der Waals surface area contributed by atoms with Gasteiger partial charge in [0, 0.05) is 18.2 Å². The number of hydrogen-bond donors (Lipinski definition) is 1. The number of rotatable bonds is 8. The van der Waals surface area contributed by atoms with Crippen molar-refractivity contribution >= 4 is 27.3 Å². The summed E-state index contributed by atoms with van der Waals surface area (Å²) in [5.74, 6) is -0.542. The minimum atomic E-state index is -4.26. The van der Waals surface area contributed by atoms with Crippen LogP contribution < -0.4 is 9.83 Å². The summed E-state index contributed by atoms with van der Waals surface area (Å²) >= 11 is 0. The van der Waals surface area contributed by atoms with Crippen LogP contribution in [-0.2, 0) is 10.0 Å². The molecule has 1 N–H and O–H groups in total. The van der Waals surface area contributed by atoms with Crippen molar-refractivity contribution in [1.29, 1.82) is 0 Å². The van der Waals surface area contributed by atoms with Crippen LogP contribution in [0.2, 0.25) is 0 Å². The molecule has 138 valence electrons. The summed E-state index contributed by atoms with van der Waals surface area (Å²) in [4.78, 5) is 13.7. The monoisotopic (exact) mass is 376 g/mol. The van der Waals surface area contributed by atoms with Crippen molar-refractivity contribution in [3.05, 3.63) is 64.2 Å². The maximum atomic E-state index is 12.6. The molecule has 0 unspecified atom stereocenters. The van der Waals surface area contributed by atoms with E-state index in [2.05, 4.69) is 9.71 Å². The summed E-state index contributed by atoms with van der Waals surface area (Å²) in [6.45, 7) is 2.31. The van der Waals surface area contributed by atoms with Gasteiger partial charge in [-0.25, -0.2) is 8.42 Å². The molecule has 8 nitrogen and oxygen atoms in total. The number of nitrogens with zero attached hydrogens (tertiary/aromatic N) is 2. The molecule has 2 aromatic rings. The number of para-hydroxylation sites is 2. The molecule has 0 amide bonds. The summed E-state index contributed by atoms with van der Waals surface area (Å²) < 4.78 is 27.5. The lowest BCUT2D eigenvalue weighted by Crippen LogP contribution is -2.23. The number of aliphatic imine (C=N–C) groups is 1. The topological polar surface area (TPSA) is 125 Å². The smallest absolute Gasteiger partial charge is 0.289 e. The van der Waals surface area contributed by atoms with Crippen LogP contribution in [0.1, 0.15) is 25.3 Å². The van der Waals surface area contributed by atoms with E-state index in [0.717, 1.165) is 25.0 Å². The van der Waals surface area contributed by atoms with E-state index in [1.807, 2.05) is 6.92 Å². The minimum Gasteiger partial charge on any atom is -0.858 e. The van der Waals surface area contributed by atoms with Crippen LogP contribution in [0.5, 0.6) is 0 Å². The Balaban J connectivity index is 2.40. The van der Waals surface area contributed by atoms with Crippen molar-refractivity contribution in [2.45, 2.75) is 24.7 Å². The minimum absolute atomic E-state index is 0.0240. The molecule has 0 radical (unpaired) electrons. The number of nitrogens with one attached hydrogen (secondary N) is 1. The molecule has 0 atom stereocenters. The van der Waals surface area contributed by atoms with Crippen LogP contribution in [0.4, 0.5) is 11.4 Å². The first-order valence-electron chi connectivity index (χ1n) is 7.94. The SMILES string of the molecule is CCCCN=C([O-])c1ccccc1NS(=O)(=O)c1ccccc1[N+](=O)[O-]. The summed E-state index contributed by atoms with van der Waals surface area (Å²) in [5.41, 5.74) is -0.432. The van der Waals surface area contributed by atoms with Crippen LogP contribution in [-0.4, -0.2) is 25.8 Å². The number of nitro groups is 1. The van der Waals surface area contributed by atoms with E-state index < -0.39 is 31.4 Å². The Bertz CT molecular complexity index is 926. The molecule has 0 aromatic heterocycles. The van der Waals surface area contributed by atoms with Gasteiger partial charge in [-0.1, -0.05) is 43.7 Å². The zero-order valence-electron chi connectivity index (χ0n) is 14.1. The maximum absolute atomic E-state index is 12.6. The summed E-state index contributed by atoms with van der Waals surface area (Å²) in [6, 6.07) is 11.0. The van der Waals surface area contributed by atoms with Gasteiger partial charge in [0.25, 0.3) is 15.7 Å². The Morgan fingerprint density at radius 3 is 2.50 bits per heavy atom. The molecular formula is C17H18N3O5S-. The average Bonchev–Trinajstić information content (AvgIpc) is 2.62. The zero-order valence-corrected chi connectivity index (χ0v) is 14.9. The van der Waals surface area contributed by atoms with Crippen molar-refractivity contribution in [2.24, 2.45) is 4.99 Å². The highest BCUT2D eigenvalue weighted by atomic mass is 32.2. The van der Waals surface area contributed by atoms with Gasteiger partial charge in [0.1, 0.15) is 0 Å². The Labute approximate surface area is 151 Å². The van der Waals surface area contributed by atoms with Crippen LogP contribution >= 0.6 is 0 Å². The summed E-state index contributed by atoms with van der Waals surface area (Å²) in [7, 11) is -4.26. The van der Waals surface area contributed by atoms with Crippen molar-refractivity contribution in [2.75, 3.05) is 11.3 Å². The second-order valence-corrected chi connectivity index (χ2v) is 7.07. The number of unbranched alkanes of at least 4 members (excludes halogenated alkanes) is 1. The molecular weight excluding hydrogens is 358 g/mol. The second kappa shape index (κ2) is 8.43. The average molecular weight is 376 g/mol. The lowest BCUT2D eigenvalue weighted by Gasteiger charge is -2.17. The Morgan fingerprint density at radius 1 is 1.15 bits per heavy atom. The molecule has 0 saturated carbocycles. The number of benzene rings is 2. The van der Waals surface area contributed by atoms with Crippen LogP contribution in [0.25, 0.3) is 0 Å². The van der Waals surface area contributed by atoms with Gasteiger partial charge in [0.2, 0.25) is 0 Å². The molecule has 2 aromatic carbocycles. The van der Waals surface area contributed by atoms with E-state index in [9.17, 15) is 23.6 Å². The standard InChI is InChI=1S/C17H19N3O5S/c1-2-3-12-18-17(21)13-8-4-5-9-14(13)19-26(24,25)16-11-7-6-10-15(16)20(22)23/h4-11,19H,2-3,12H2,1H3,(H,18,21)/p-1. The molecule has 0 aliphatic heterocycles. The lowest BCUT2D eigenvalue weighted by molar-refractivity contribution is -0.387. The molecule has 0 heterocycles. The Hall–Kier alpha value is -2.94. The fraction of sp³-hybridized carbons (Fsp3) is 0.235. The van der Waals surface area contributed by atoms with Gasteiger partial charge in [0.15, 0.2) is 4.90 Å². The highest BCUT2D eigenvalue weighted by molar-refractivity contribution is 7.92. The summed E-state index contributed by atoms with van der Waals surface area (Å²) in [5, 5.41) is 23.3. The molecule has 2 rings (SSSR count). The molecule has 26 heavy (non-hydrogen) atoms. The Kier molecular flexibility index (Phi) is 6.29. The van der Waals surface area contributed by atoms with E-state index in [1.54, 1.807) is 12.1 Å². The first-order valence-corrected chi connectivity index (χ1v) is 9.42. The van der Waals surface area contributed by atoms with Crippen LogP contribution in [0.15, 0.2) is 58.4 Å². The van der Waals surface area contributed by atoms with Crippen LogP contribution in [0, 0.1) is 10.1 Å². The maximum Gasteiger partial charge on any atom is 0.289 e. The number of anilines is 1. The first-order chi connectivity index (χ1) is 12.4. The second-order valence-electron chi connectivity index (χ2n) is 5.42. The molecule has 0 spiro atoms. The van der Waals surface area contributed by atoms with E-state index >= 15 is 0 Å². The van der Waals surface area contributed by atoms with Gasteiger partial charge < -0.3 is 10.1 Å². The van der Waals surface area contributed by atoms with Gasteiger partial charge in [-0.15, -0.1) is 0 Å². The molecule has 0 aliphatic carbocycles. The van der Waals surface area contributed by atoms with Crippen molar-refractivity contribution in [1.82, 2.24) is 0 Å². The van der Waals surface area contributed by atoms with Gasteiger partial charge in [0.05, 0.1) is 10.6 Å². The highest BCUT2D eigenvalue weighted by Gasteiger charge is 2.25. The molecule has 0 aliphatic rings. The summed E-state index contributed by atoms with van der Waals surface area (Å²) in [6.07, 6.45) is 1.62. The van der Waals surface area contributed by atoms with E-state index in [-0.39, 0.29) is 11.3 Å². The number of sulfonamides is 1. The van der Waals surface area contributed by atoms with Gasteiger partial charge >= 0.3 is 0 Å². The molecule has 0 fully saturated rings. The van der Waals surface area contributed by atoms with Crippen LogP contribution in [0.3, 0.4) is 0 Å². The largest absolute Gasteiger partial charge is 0.858 e. The van der Waals surface area contributed by atoms with Crippen molar-refractivity contribution in [3.8, 4) is 0 Å². The van der Waals surface area contributed by atoms with E-state index in [4.69, 9.17) is 0 Å². The molecule has 0 saturated heterocycles. The van der Waals surface area contributed by atoms with Gasteiger partial charge in [-0.3, -0.25) is 14.8 Å². The van der Waals surface area contributed by atoms with E-state index in [0.29, 0.717) is 6.54 Å². The third kappa shape index (κ3) is 4.57. The fourth-order valence-corrected chi connectivity index (χ4v) is 3.47. The number of nitro benzene ring substituents is 1. The zero-order chi connectivity index (χ0) is 19.2. The quantitative estimate of drug-likeness (QED) is 0.249. The predicted molar refractivity (Wildman–Crippen MR) is 96.7 cm³/mol. The third-order valence-corrected chi connectivity index (χ3v) is 4.93. The highest BCUT2D eigenvalue weighted by Crippen LogP contribution is 2.26. The van der Waals surface area contributed by atoms with Gasteiger partial charge in [-0.2, -0.15) is 0 Å². The number of hydrogen-bond acceptors (Lipinski definition) is 6. The molecule has 0 bridgehead atoms. The van der Waals surface area contributed by atoms with Gasteiger partial charge in [-0.05, 0) is 24.5 Å². The normalized spacial score (nSPS) is 12.0. The van der Waals surface area contributed by atoms with E-state index in [1.165, 1.54) is 24.3 Å².